The van der Waals surface area contributed by atoms with Gasteiger partial charge in [-0.2, -0.15) is 5.26 Å². The summed E-state index contributed by atoms with van der Waals surface area (Å²) in [5.74, 6) is 1.65. The fourth-order valence-corrected chi connectivity index (χ4v) is 2.83. The fraction of sp³-hybridized carbons (Fsp3) is 0.353. The Balaban J connectivity index is 2.06. The van der Waals surface area contributed by atoms with E-state index in [-0.39, 0.29) is 0 Å². The van der Waals surface area contributed by atoms with E-state index in [0.29, 0.717) is 17.4 Å². The van der Waals surface area contributed by atoms with Crippen molar-refractivity contribution in [2.45, 2.75) is 37.4 Å². The molecule has 1 N–H and O–H groups in total. The monoisotopic (exact) mass is 310 g/mol. The van der Waals surface area contributed by atoms with Crippen LogP contribution in [0.1, 0.15) is 31.7 Å². The van der Waals surface area contributed by atoms with Crippen molar-refractivity contribution in [2.24, 2.45) is 0 Å². The van der Waals surface area contributed by atoms with Crippen molar-refractivity contribution in [1.29, 1.82) is 5.26 Å². The molecule has 0 amide bonds. The molecule has 1 saturated carbocycles. The van der Waals surface area contributed by atoms with Crippen LogP contribution in [0.2, 0.25) is 0 Å². The van der Waals surface area contributed by atoms with Gasteiger partial charge in [-0.3, -0.25) is 0 Å². The maximum absolute atomic E-state index is 9.58. The van der Waals surface area contributed by atoms with E-state index in [9.17, 15) is 5.26 Å². The summed E-state index contributed by atoms with van der Waals surface area (Å²) >= 11 is 1.64. The minimum Gasteiger partial charge on any atom is -0.366 e. The van der Waals surface area contributed by atoms with Crippen LogP contribution in [0.15, 0.2) is 35.5 Å². The SMILES string of the molecule is CCCSc1nc(NC2CC2)c(C#N)c(-c2ccccc2)n1. The summed E-state index contributed by atoms with van der Waals surface area (Å²) < 4.78 is 0. The molecule has 5 heteroatoms. The van der Waals surface area contributed by atoms with E-state index in [1.807, 2.05) is 30.3 Å². The maximum atomic E-state index is 9.58. The minimum absolute atomic E-state index is 0.453. The number of thioether (sulfide) groups is 1. The van der Waals surface area contributed by atoms with Crippen molar-refractivity contribution in [3.8, 4) is 17.3 Å². The zero-order chi connectivity index (χ0) is 15.4. The highest BCUT2D eigenvalue weighted by atomic mass is 32.2. The number of hydrogen-bond donors (Lipinski definition) is 1. The van der Waals surface area contributed by atoms with Crippen molar-refractivity contribution < 1.29 is 0 Å². The van der Waals surface area contributed by atoms with E-state index in [4.69, 9.17) is 0 Å². The van der Waals surface area contributed by atoms with Gasteiger partial charge >= 0.3 is 0 Å². The number of anilines is 1. The van der Waals surface area contributed by atoms with Gasteiger partial charge < -0.3 is 5.32 Å². The second-order valence-corrected chi connectivity index (χ2v) is 6.39. The first kappa shape index (κ1) is 14.9. The third-order valence-corrected chi connectivity index (χ3v) is 4.45. The number of hydrogen-bond acceptors (Lipinski definition) is 5. The lowest BCUT2D eigenvalue weighted by Gasteiger charge is -2.12. The molecule has 0 unspecified atom stereocenters. The molecule has 3 rings (SSSR count). The van der Waals surface area contributed by atoms with Crippen LogP contribution in [0, 0.1) is 11.3 Å². The van der Waals surface area contributed by atoms with E-state index in [2.05, 4.69) is 28.3 Å². The molecule has 1 fully saturated rings. The zero-order valence-corrected chi connectivity index (χ0v) is 13.4. The second-order valence-electron chi connectivity index (χ2n) is 5.32. The van der Waals surface area contributed by atoms with Crippen LogP contribution in [0.25, 0.3) is 11.3 Å². The summed E-state index contributed by atoms with van der Waals surface area (Å²) in [6.45, 7) is 2.14. The van der Waals surface area contributed by atoms with Gasteiger partial charge in [0.1, 0.15) is 17.5 Å². The summed E-state index contributed by atoms with van der Waals surface area (Å²) in [7, 11) is 0. The first-order valence-corrected chi connectivity index (χ1v) is 8.57. The van der Waals surface area contributed by atoms with Crippen molar-refractivity contribution >= 4 is 17.6 Å². The Kier molecular flexibility index (Phi) is 4.59. The Hall–Kier alpha value is -2.06. The van der Waals surface area contributed by atoms with Crippen molar-refractivity contribution in [1.82, 2.24) is 9.97 Å². The molecule has 1 aliphatic rings. The van der Waals surface area contributed by atoms with E-state index in [0.717, 1.165) is 41.4 Å². The average molecular weight is 310 g/mol. The van der Waals surface area contributed by atoms with Crippen LogP contribution in [-0.2, 0) is 0 Å². The molecule has 0 atom stereocenters. The quantitative estimate of drug-likeness (QED) is 0.643. The molecule has 1 aliphatic carbocycles. The highest BCUT2D eigenvalue weighted by Crippen LogP contribution is 2.32. The molecule has 0 spiro atoms. The number of nitrogens with one attached hydrogen (secondary N) is 1. The summed E-state index contributed by atoms with van der Waals surface area (Å²) in [6, 6.07) is 12.6. The van der Waals surface area contributed by atoms with Crippen LogP contribution < -0.4 is 5.32 Å². The Bertz CT molecular complexity index is 690. The van der Waals surface area contributed by atoms with E-state index in [1.165, 1.54) is 0 Å². The van der Waals surface area contributed by atoms with Gasteiger partial charge in [-0.15, -0.1) is 0 Å². The predicted octanol–water partition coefficient (Wildman–Crippen LogP) is 4.09. The summed E-state index contributed by atoms with van der Waals surface area (Å²) in [5.41, 5.74) is 2.22. The lowest BCUT2D eigenvalue weighted by molar-refractivity contribution is 0.947. The topological polar surface area (TPSA) is 61.6 Å². The van der Waals surface area contributed by atoms with Gasteiger partial charge in [0, 0.05) is 17.4 Å². The first-order chi connectivity index (χ1) is 10.8. The largest absolute Gasteiger partial charge is 0.366 e. The fourth-order valence-electron chi connectivity index (χ4n) is 2.13. The smallest absolute Gasteiger partial charge is 0.190 e. The molecular weight excluding hydrogens is 292 g/mol. The number of aromatic nitrogens is 2. The molecule has 1 heterocycles. The van der Waals surface area contributed by atoms with Crippen LogP contribution in [-0.4, -0.2) is 21.8 Å². The molecule has 4 nitrogen and oxygen atoms in total. The normalized spacial score (nSPS) is 13.6. The highest BCUT2D eigenvalue weighted by molar-refractivity contribution is 7.99. The molecule has 2 aromatic rings. The number of nitrogens with zero attached hydrogens (tertiary/aromatic N) is 3. The van der Waals surface area contributed by atoms with E-state index >= 15 is 0 Å². The average Bonchev–Trinajstić information content (AvgIpc) is 3.37. The maximum Gasteiger partial charge on any atom is 0.190 e. The summed E-state index contributed by atoms with van der Waals surface area (Å²) in [4.78, 5) is 9.19. The van der Waals surface area contributed by atoms with Gasteiger partial charge in [0.2, 0.25) is 0 Å². The molecule has 0 bridgehead atoms. The Morgan fingerprint density at radius 2 is 2.05 bits per heavy atom. The molecule has 112 valence electrons. The van der Waals surface area contributed by atoms with Crippen molar-refractivity contribution in [2.75, 3.05) is 11.1 Å². The van der Waals surface area contributed by atoms with Crippen molar-refractivity contribution in [3.63, 3.8) is 0 Å². The Morgan fingerprint density at radius 1 is 1.27 bits per heavy atom. The number of rotatable bonds is 6. The van der Waals surface area contributed by atoms with Crippen molar-refractivity contribution in [3.05, 3.63) is 35.9 Å². The van der Waals surface area contributed by atoms with Gasteiger partial charge in [0.15, 0.2) is 5.16 Å². The van der Waals surface area contributed by atoms with E-state index < -0.39 is 0 Å². The molecule has 0 saturated heterocycles. The summed E-state index contributed by atoms with van der Waals surface area (Å²) in [5, 5.41) is 13.7. The Labute approximate surface area is 135 Å². The molecule has 0 aliphatic heterocycles. The van der Waals surface area contributed by atoms with Crippen LogP contribution >= 0.6 is 11.8 Å². The predicted molar refractivity (Wildman–Crippen MR) is 89.8 cm³/mol. The lowest BCUT2D eigenvalue weighted by Crippen LogP contribution is -2.08. The summed E-state index contributed by atoms with van der Waals surface area (Å²) in [6.07, 6.45) is 3.36. The molecule has 22 heavy (non-hydrogen) atoms. The van der Waals surface area contributed by atoms with Gasteiger partial charge in [0.05, 0.1) is 5.69 Å². The van der Waals surface area contributed by atoms with Crippen LogP contribution in [0.4, 0.5) is 5.82 Å². The van der Waals surface area contributed by atoms with Crippen LogP contribution in [0.5, 0.6) is 0 Å². The number of nitriles is 1. The zero-order valence-electron chi connectivity index (χ0n) is 12.5. The highest BCUT2D eigenvalue weighted by Gasteiger charge is 2.25. The van der Waals surface area contributed by atoms with Gasteiger partial charge in [-0.05, 0) is 19.3 Å². The van der Waals surface area contributed by atoms with Gasteiger partial charge in [-0.1, -0.05) is 49.0 Å². The molecule has 0 radical (unpaired) electrons. The number of benzene rings is 1. The lowest BCUT2D eigenvalue weighted by atomic mass is 10.1. The van der Waals surface area contributed by atoms with Crippen LogP contribution in [0.3, 0.4) is 0 Å². The first-order valence-electron chi connectivity index (χ1n) is 7.58. The molecular formula is C17H18N4S. The molecule has 1 aromatic carbocycles. The molecule has 1 aromatic heterocycles. The Morgan fingerprint density at radius 3 is 2.68 bits per heavy atom. The second kappa shape index (κ2) is 6.80. The standard InChI is InChI=1S/C17H18N4S/c1-2-10-22-17-20-15(12-6-4-3-5-7-12)14(11-18)16(21-17)19-13-8-9-13/h3-7,13H,2,8-10H2,1H3,(H,19,20,21). The third kappa shape index (κ3) is 3.40. The van der Waals surface area contributed by atoms with E-state index in [1.54, 1.807) is 11.8 Å². The minimum atomic E-state index is 0.453. The van der Waals surface area contributed by atoms with Gasteiger partial charge in [0.25, 0.3) is 0 Å². The van der Waals surface area contributed by atoms with Gasteiger partial charge in [-0.25, -0.2) is 9.97 Å². The third-order valence-electron chi connectivity index (χ3n) is 3.40.